The van der Waals surface area contributed by atoms with Gasteiger partial charge in [0.2, 0.25) is 0 Å². The summed E-state index contributed by atoms with van der Waals surface area (Å²) in [5, 5.41) is 2.83. The summed E-state index contributed by atoms with van der Waals surface area (Å²) in [5.74, 6) is 0.665. The largest absolute Gasteiger partial charge is 0.482 e. The lowest BCUT2D eigenvalue weighted by Gasteiger charge is -2.19. The first kappa shape index (κ1) is 12.4. The van der Waals surface area contributed by atoms with Gasteiger partial charge in [-0.1, -0.05) is 41.8 Å². The van der Waals surface area contributed by atoms with E-state index in [0.29, 0.717) is 4.83 Å². The fourth-order valence-electron chi connectivity index (χ4n) is 1.85. The number of unbranched alkanes of at least 4 members (excludes halogenated alkanes) is 1. The zero-order chi connectivity index (χ0) is 12.3. The van der Waals surface area contributed by atoms with E-state index in [1.54, 1.807) is 0 Å². The molecule has 1 aromatic carbocycles. The lowest BCUT2D eigenvalue weighted by molar-refractivity contribution is -0.118. The van der Waals surface area contributed by atoms with Crippen LogP contribution in [0.3, 0.4) is 0 Å². The van der Waals surface area contributed by atoms with Crippen molar-refractivity contribution in [3.8, 4) is 5.75 Å². The molecule has 1 unspecified atom stereocenters. The van der Waals surface area contributed by atoms with E-state index in [0.717, 1.165) is 17.9 Å². The Bertz CT molecular complexity index is 420. The third-order valence-electron chi connectivity index (χ3n) is 2.81. The van der Waals surface area contributed by atoms with Gasteiger partial charge >= 0.3 is 0 Å². The molecule has 0 saturated carbocycles. The normalized spacial score (nSPS) is 15.8. The standard InChI is InChI=1S/C13H16BrNO2/c1-2-3-4-10(14)9-5-6-12-11(7-9)15-13(16)8-17-12/h5-7,10H,2-4,8H2,1H3,(H,15,16). The minimum Gasteiger partial charge on any atom is -0.482 e. The van der Waals surface area contributed by atoms with Crippen LogP contribution in [-0.2, 0) is 4.79 Å². The fraction of sp³-hybridized carbons (Fsp3) is 0.462. The van der Waals surface area contributed by atoms with Crippen molar-refractivity contribution in [3.63, 3.8) is 0 Å². The lowest BCUT2D eigenvalue weighted by atomic mass is 10.1. The summed E-state index contributed by atoms with van der Waals surface area (Å²) in [6.45, 7) is 2.29. The molecular formula is C13H16BrNO2. The zero-order valence-corrected chi connectivity index (χ0v) is 11.4. The van der Waals surface area contributed by atoms with Crippen LogP contribution < -0.4 is 10.1 Å². The molecule has 1 N–H and O–H groups in total. The predicted molar refractivity (Wildman–Crippen MR) is 71.8 cm³/mol. The first-order valence-corrected chi connectivity index (χ1v) is 6.83. The highest BCUT2D eigenvalue weighted by molar-refractivity contribution is 9.09. The quantitative estimate of drug-likeness (QED) is 0.862. The monoisotopic (exact) mass is 297 g/mol. The molecule has 0 spiro atoms. The number of ether oxygens (including phenoxy) is 1. The second-order valence-electron chi connectivity index (χ2n) is 4.20. The van der Waals surface area contributed by atoms with E-state index in [1.807, 2.05) is 18.2 Å². The molecule has 4 heteroatoms. The molecule has 2 rings (SSSR count). The molecule has 1 aliphatic rings. The van der Waals surface area contributed by atoms with Crippen molar-refractivity contribution in [2.75, 3.05) is 11.9 Å². The van der Waals surface area contributed by atoms with Crippen molar-refractivity contribution in [2.24, 2.45) is 0 Å². The van der Waals surface area contributed by atoms with E-state index in [2.05, 4.69) is 28.2 Å². The Morgan fingerprint density at radius 1 is 1.53 bits per heavy atom. The molecule has 1 amide bonds. The Morgan fingerprint density at radius 3 is 3.12 bits per heavy atom. The molecule has 0 fully saturated rings. The van der Waals surface area contributed by atoms with Crippen molar-refractivity contribution >= 4 is 27.5 Å². The fourth-order valence-corrected chi connectivity index (χ4v) is 2.45. The number of benzene rings is 1. The number of amides is 1. The van der Waals surface area contributed by atoms with Gasteiger partial charge in [0.25, 0.3) is 5.91 Å². The van der Waals surface area contributed by atoms with E-state index in [9.17, 15) is 4.79 Å². The van der Waals surface area contributed by atoms with Crippen LogP contribution in [0.1, 0.15) is 36.6 Å². The Balaban J connectivity index is 2.14. The number of nitrogens with one attached hydrogen (secondary N) is 1. The minimum atomic E-state index is -0.0886. The molecule has 0 bridgehead atoms. The number of carbonyl (C=O) groups is 1. The van der Waals surface area contributed by atoms with E-state index in [-0.39, 0.29) is 12.5 Å². The van der Waals surface area contributed by atoms with Crippen molar-refractivity contribution in [1.29, 1.82) is 0 Å². The lowest BCUT2D eigenvalue weighted by Crippen LogP contribution is -2.25. The summed E-state index contributed by atoms with van der Waals surface area (Å²) < 4.78 is 5.32. The van der Waals surface area contributed by atoms with Gasteiger partial charge in [-0.2, -0.15) is 0 Å². The van der Waals surface area contributed by atoms with E-state index in [1.165, 1.54) is 18.4 Å². The number of carbonyl (C=O) groups excluding carboxylic acids is 1. The van der Waals surface area contributed by atoms with Crippen LogP contribution in [0.2, 0.25) is 0 Å². The van der Waals surface area contributed by atoms with E-state index >= 15 is 0 Å². The Kier molecular flexibility index (Phi) is 4.05. The molecule has 92 valence electrons. The van der Waals surface area contributed by atoms with Crippen LogP contribution in [0.25, 0.3) is 0 Å². The van der Waals surface area contributed by atoms with Gasteiger partial charge in [0.15, 0.2) is 6.61 Å². The minimum absolute atomic E-state index is 0.0886. The molecule has 3 nitrogen and oxygen atoms in total. The van der Waals surface area contributed by atoms with Gasteiger partial charge in [-0.3, -0.25) is 4.79 Å². The molecule has 0 aromatic heterocycles. The number of fused-ring (bicyclic) bond motifs is 1. The third-order valence-corrected chi connectivity index (χ3v) is 3.80. The van der Waals surface area contributed by atoms with Crippen molar-refractivity contribution in [3.05, 3.63) is 23.8 Å². The number of rotatable bonds is 4. The molecule has 17 heavy (non-hydrogen) atoms. The molecule has 1 aliphatic heterocycles. The van der Waals surface area contributed by atoms with Gasteiger partial charge in [0.1, 0.15) is 5.75 Å². The second kappa shape index (κ2) is 5.54. The molecule has 1 heterocycles. The van der Waals surface area contributed by atoms with Crippen LogP contribution >= 0.6 is 15.9 Å². The maximum Gasteiger partial charge on any atom is 0.262 e. The van der Waals surface area contributed by atoms with Crippen molar-refractivity contribution < 1.29 is 9.53 Å². The van der Waals surface area contributed by atoms with Gasteiger partial charge in [0, 0.05) is 4.83 Å². The smallest absolute Gasteiger partial charge is 0.262 e. The Hall–Kier alpha value is -1.03. The van der Waals surface area contributed by atoms with Crippen LogP contribution in [-0.4, -0.2) is 12.5 Å². The topological polar surface area (TPSA) is 38.3 Å². The SMILES string of the molecule is CCCCC(Br)c1ccc2c(c1)NC(=O)CO2. The van der Waals surface area contributed by atoms with E-state index < -0.39 is 0 Å². The van der Waals surface area contributed by atoms with Gasteiger partial charge in [0.05, 0.1) is 5.69 Å². The summed E-state index contributed by atoms with van der Waals surface area (Å²) in [4.78, 5) is 11.6. The number of halogens is 1. The van der Waals surface area contributed by atoms with Gasteiger partial charge in [-0.25, -0.2) is 0 Å². The van der Waals surface area contributed by atoms with Crippen LogP contribution in [0.4, 0.5) is 5.69 Å². The van der Waals surface area contributed by atoms with Crippen molar-refractivity contribution in [2.45, 2.75) is 31.0 Å². The maximum atomic E-state index is 11.2. The molecule has 0 aliphatic carbocycles. The molecule has 0 radical (unpaired) electrons. The molecule has 1 aromatic rings. The number of anilines is 1. The van der Waals surface area contributed by atoms with Crippen LogP contribution in [0, 0.1) is 0 Å². The highest BCUT2D eigenvalue weighted by Gasteiger charge is 2.17. The molecular weight excluding hydrogens is 282 g/mol. The molecule has 0 saturated heterocycles. The van der Waals surface area contributed by atoms with Crippen LogP contribution in [0.5, 0.6) is 5.75 Å². The number of hydrogen-bond acceptors (Lipinski definition) is 2. The summed E-state index contributed by atoms with van der Waals surface area (Å²) >= 11 is 3.68. The van der Waals surface area contributed by atoms with Crippen LogP contribution in [0.15, 0.2) is 18.2 Å². The number of alkyl halides is 1. The van der Waals surface area contributed by atoms with Gasteiger partial charge < -0.3 is 10.1 Å². The zero-order valence-electron chi connectivity index (χ0n) is 9.83. The first-order valence-electron chi connectivity index (χ1n) is 5.91. The third kappa shape index (κ3) is 3.00. The summed E-state index contributed by atoms with van der Waals surface area (Å²) in [6.07, 6.45) is 3.48. The summed E-state index contributed by atoms with van der Waals surface area (Å²) in [7, 11) is 0. The average Bonchev–Trinajstić information content (AvgIpc) is 2.35. The average molecular weight is 298 g/mol. The summed E-state index contributed by atoms with van der Waals surface area (Å²) in [6, 6.07) is 5.96. The maximum absolute atomic E-state index is 11.2. The number of hydrogen-bond donors (Lipinski definition) is 1. The highest BCUT2D eigenvalue weighted by atomic mass is 79.9. The first-order chi connectivity index (χ1) is 8.20. The van der Waals surface area contributed by atoms with Crippen molar-refractivity contribution in [1.82, 2.24) is 0 Å². The van der Waals surface area contributed by atoms with Gasteiger partial charge in [-0.15, -0.1) is 0 Å². The predicted octanol–water partition coefficient (Wildman–Crippen LogP) is 3.64. The Morgan fingerprint density at radius 2 is 2.35 bits per heavy atom. The van der Waals surface area contributed by atoms with Gasteiger partial charge in [-0.05, 0) is 24.1 Å². The highest BCUT2D eigenvalue weighted by Crippen LogP contribution is 2.35. The Labute approximate surface area is 110 Å². The van der Waals surface area contributed by atoms with E-state index in [4.69, 9.17) is 4.74 Å². The molecule has 1 atom stereocenters. The second-order valence-corrected chi connectivity index (χ2v) is 5.31. The summed E-state index contributed by atoms with van der Waals surface area (Å²) in [5.41, 5.74) is 1.96.